The molecule has 1 aliphatic heterocycles. The molecule has 3 aromatic rings. The summed E-state index contributed by atoms with van der Waals surface area (Å²) in [5, 5.41) is 4.64. The maximum Gasteiger partial charge on any atom is 0.265 e. The van der Waals surface area contributed by atoms with Gasteiger partial charge in [0.05, 0.1) is 10.6 Å². The number of benzene rings is 3. The molecule has 0 radical (unpaired) electrons. The number of carbonyl (C=O) groups excluding carboxylic acids is 2. The Morgan fingerprint density at radius 3 is 2.34 bits per heavy atom. The lowest BCUT2D eigenvalue weighted by Crippen LogP contribution is -2.51. The van der Waals surface area contributed by atoms with Crippen LogP contribution in [0, 0.1) is 0 Å². The van der Waals surface area contributed by atoms with E-state index in [1.54, 1.807) is 17.0 Å². The van der Waals surface area contributed by atoms with Crippen molar-refractivity contribution in [3.05, 3.63) is 72.3 Å². The van der Waals surface area contributed by atoms with Gasteiger partial charge in [-0.25, -0.2) is 8.42 Å². The van der Waals surface area contributed by atoms with E-state index in [2.05, 4.69) is 5.32 Å². The van der Waals surface area contributed by atoms with Gasteiger partial charge in [0.1, 0.15) is 6.04 Å². The SMILES string of the molecule is CC[C@@H](C)NC(=O)[C@H](CC)N(CCc1ccccc1)C(=O)CCCN1c2cccc3cccc(c23)S1(=O)=O. The number of rotatable bonds is 12. The molecular weight excluding hydrogens is 498 g/mol. The first-order valence-corrected chi connectivity index (χ1v) is 14.9. The van der Waals surface area contributed by atoms with Gasteiger partial charge in [0.25, 0.3) is 10.0 Å². The lowest BCUT2D eigenvalue weighted by atomic mass is 10.1. The molecule has 202 valence electrons. The molecule has 0 saturated carbocycles. The number of sulfonamides is 1. The van der Waals surface area contributed by atoms with Crippen LogP contribution in [0.3, 0.4) is 0 Å². The Morgan fingerprint density at radius 2 is 1.66 bits per heavy atom. The second-order valence-electron chi connectivity index (χ2n) is 9.88. The molecule has 3 aromatic carbocycles. The second-order valence-corrected chi connectivity index (χ2v) is 11.7. The van der Waals surface area contributed by atoms with Crippen molar-refractivity contribution in [1.82, 2.24) is 10.2 Å². The van der Waals surface area contributed by atoms with Crippen molar-refractivity contribution >= 4 is 38.3 Å². The summed E-state index contributed by atoms with van der Waals surface area (Å²) in [6.45, 7) is 6.50. The number of hydrogen-bond acceptors (Lipinski definition) is 4. The van der Waals surface area contributed by atoms with E-state index in [4.69, 9.17) is 0 Å². The molecule has 0 fully saturated rings. The Morgan fingerprint density at radius 1 is 0.947 bits per heavy atom. The third-order valence-corrected chi connectivity index (χ3v) is 9.16. The zero-order chi connectivity index (χ0) is 27.3. The van der Waals surface area contributed by atoms with E-state index < -0.39 is 16.1 Å². The second kappa shape index (κ2) is 12.0. The van der Waals surface area contributed by atoms with Crippen LogP contribution in [0.2, 0.25) is 0 Å². The van der Waals surface area contributed by atoms with Gasteiger partial charge in [-0.2, -0.15) is 0 Å². The average Bonchev–Trinajstić information content (AvgIpc) is 3.14. The van der Waals surface area contributed by atoms with Crippen LogP contribution in [0.5, 0.6) is 0 Å². The first-order valence-electron chi connectivity index (χ1n) is 13.5. The summed E-state index contributed by atoms with van der Waals surface area (Å²) >= 11 is 0. The Balaban J connectivity index is 1.48. The molecule has 7 nitrogen and oxygen atoms in total. The maximum atomic E-state index is 13.5. The fourth-order valence-electron chi connectivity index (χ4n) is 5.05. The highest BCUT2D eigenvalue weighted by atomic mass is 32.2. The minimum atomic E-state index is -3.67. The van der Waals surface area contributed by atoms with Crippen molar-refractivity contribution in [3.8, 4) is 0 Å². The smallest absolute Gasteiger partial charge is 0.265 e. The third kappa shape index (κ3) is 5.70. The molecule has 0 aliphatic carbocycles. The molecule has 2 amide bonds. The fraction of sp³-hybridized carbons (Fsp3) is 0.400. The Kier molecular flexibility index (Phi) is 8.72. The van der Waals surface area contributed by atoms with E-state index in [1.165, 1.54) is 4.31 Å². The van der Waals surface area contributed by atoms with Crippen LogP contribution in [-0.4, -0.2) is 50.3 Å². The van der Waals surface area contributed by atoms with E-state index in [9.17, 15) is 18.0 Å². The summed E-state index contributed by atoms with van der Waals surface area (Å²) in [5.41, 5.74) is 1.75. The lowest BCUT2D eigenvalue weighted by Gasteiger charge is -2.31. The van der Waals surface area contributed by atoms with Gasteiger partial charge in [0, 0.05) is 30.9 Å². The van der Waals surface area contributed by atoms with Crippen molar-refractivity contribution in [2.45, 2.75) is 69.9 Å². The molecule has 0 saturated heterocycles. The predicted octanol–water partition coefficient (Wildman–Crippen LogP) is 4.89. The fourth-order valence-corrected chi connectivity index (χ4v) is 6.80. The van der Waals surface area contributed by atoms with Crippen LogP contribution in [0.1, 0.15) is 52.0 Å². The van der Waals surface area contributed by atoms with Crippen LogP contribution >= 0.6 is 0 Å². The summed E-state index contributed by atoms with van der Waals surface area (Å²) in [5.74, 6) is -0.285. The summed E-state index contributed by atoms with van der Waals surface area (Å²) in [6.07, 6.45) is 2.45. The van der Waals surface area contributed by atoms with Crippen LogP contribution in [-0.2, 0) is 26.0 Å². The molecule has 0 spiro atoms. The Hall–Kier alpha value is -3.39. The monoisotopic (exact) mass is 535 g/mol. The van der Waals surface area contributed by atoms with Gasteiger partial charge in [-0.05, 0) is 55.7 Å². The highest BCUT2D eigenvalue weighted by molar-refractivity contribution is 7.93. The van der Waals surface area contributed by atoms with Crippen molar-refractivity contribution in [2.24, 2.45) is 0 Å². The van der Waals surface area contributed by atoms with Crippen LogP contribution in [0.15, 0.2) is 71.6 Å². The minimum Gasteiger partial charge on any atom is -0.352 e. The number of carbonyl (C=O) groups is 2. The number of amides is 2. The molecule has 2 atom stereocenters. The first-order chi connectivity index (χ1) is 18.3. The Bertz CT molecular complexity index is 1390. The van der Waals surface area contributed by atoms with Crippen LogP contribution in [0.25, 0.3) is 10.8 Å². The molecular formula is C30H37N3O4S. The van der Waals surface area contributed by atoms with Crippen molar-refractivity contribution < 1.29 is 18.0 Å². The molecule has 1 heterocycles. The largest absolute Gasteiger partial charge is 0.352 e. The molecule has 1 N–H and O–H groups in total. The molecule has 0 bridgehead atoms. The third-order valence-electron chi connectivity index (χ3n) is 7.30. The number of hydrogen-bond donors (Lipinski definition) is 1. The highest BCUT2D eigenvalue weighted by Crippen LogP contribution is 2.42. The molecule has 0 unspecified atom stereocenters. The van der Waals surface area contributed by atoms with E-state index >= 15 is 0 Å². The van der Waals surface area contributed by atoms with Crippen LogP contribution in [0.4, 0.5) is 5.69 Å². The quantitative estimate of drug-likeness (QED) is 0.358. The van der Waals surface area contributed by atoms with E-state index in [0.29, 0.717) is 36.4 Å². The van der Waals surface area contributed by atoms with E-state index in [1.807, 2.05) is 75.4 Å². The lowest BCUT2D eigenvalue weighted by molar-refractivity contribution is -0.141. The highest BCUT2D eigenvalue weighted by Gasteiger charge is 2.35. The van der Waals surface area contributed by atoms with Gasteiger partial charge in [-0.3, -0.25) is 13.9 Å². The van der Waals surface area contributed by atoms with Gasteiger partial charge in [0.2, 0.25) is 11.8 Å². The van der Waals surface area contributed by atoms with Gasteiger partial charge in [0.15, 0.2) is 0 Å². The molecule has 0 aromatic heterocycles. The minimum absolute atomic E-state index is 0.0207. The first kappa shape index (κ1) is 27.6. The predicted molar refractivity (Wildman–Crippen MR) is 152 cm³/mol. The standard InChI is InChI=1S/C30H37N3O4S/c1-4-22(3)31-30(35)25(5-2)32(21-19-23-12-7-6-8-13-23)28(34)18-11-20-33-26-16-9-14-24-15-10-17-27(29(24)26)38(33,36)37/h6-10,12-17,22,25H,4-5,11,18-21H2,1-3H3,(H,31,35)/t22-,25+/m1/s1. The maximum absolute atomic E-state index is 13.5. The van der Waals surface area contributed by atoms with Gasteiger partial charge in [-0.15, -0.1) is 0 Å². The normalized spacial score (nSPS) is 15.3. The summed E-state index contributed by atoms with van der Waals surface area (Å²) in [6, 6.07) is 20.2. The van der Waals surface area contributed by atoms with Crippen molar-refractivity contribution in [2.75, 3.05) is 17.4 Å². The van der Waals surface area contributed by atoms with Gasteiger partial charge in [-0.1, -0.05) is 68.4 Å². The molecule has 8 heteroatoms. The topological polar surface area (TPSA) is 86.8 Å². The summed E-state index contributed by atoms with van der Waals surface area (Å²) in [4.78, 5) is 28.6. The zero-order valence-electron chi connectivity index (χ0n) is 22.4. The van der Waals surface area contributed by atoms with E-state index in [-0.39, 0.29) is 30.8 Å². The van der Waals surface area contributed by atoms with Crippen molar-refractivity contribution in [3.63, 3.8) is 0 Å². The number of anilines is 1. The van der Waals surface area contributed by atoms with Crippen LogP contribution < -0.4 is 9.62 Å². The molecule has 1 aliphatic rings. The zero-order valence-corrected chi connectivity index (χ0v) is 23.2. The van der Waals surface area contributed by atoms with Gasteiger partial charge < -0.3 is 10.2 Å². The summed E-state index contributed by atoms with van der Waals surface area (Å²) in [7, 11) is -3.67. The Labute approximate surface area is 225 Å². The van der Waals surface area contributed by atoms with Gasteiger partial charge >= 0.3 is 0 Å². The van der Waals surface area contributed by atoms with Crippen molar-refractivity contribution in [1.29, 1.82) is 0 Å². The number of nitrogens with one attached hydrogen (secondary N) is 1. The average molecular weight is 536 g/mol. The molecule has 4 rings (SSSR count). The molecule has 38 heavy (non-hydrogen) atoms. The number of nitrogens with zero attached hydrogens (tertiary/aromatic N) is 2. The van der Waals surface area contributed by atoms with E-state index in [0.717, 1.165) is 22.8 Å². The summed E-state index contributed by atoms with van der Waals surface area (Å²) < 4.78 is 28.0.